The van der Waals surface area contributed by atoms with Crippen LogP contribution in [0.3, 0.4) is 0 Å². The van der Waals surface area contributed by atoms with Crippen molar-refractivity contribution in [1.82, 2.24) is 9.55 Å². The van der Waals surface area contributed by atoms with E-state index in [0.29, 0.717) is 30.9 Å². The van der Waals surface area contributed by atoms with Gasteiger partial charge in [0.1, 0.15) is 6.29 Å². The Morgan fingerprint density at radius 2 is 1.69 bits per heavy atom. The minimum atomic E-state index is -0.120. The van der Waals surface area contributed by atoms with Crippen LogP contribution in [0.25, 0.3) is 0 Å². The van der Waals surface area contributed by atoms with Crippen LogP contribution in [0.1, 0.15) is 21.5 Å². The number of aromatic nitrogens is 2. The number of aryl methyl sites for hydroxylation is 2. The highest BCUT2D eigenvalue weighted by molar-refractivity contribution is 5.74. The average Bonchev–Trinajstić information content (AvgIpc) is 2.69. The summed E-state index contributed by atoms with van der Waals surface area (Å²) in [6, 6.07) is 17.5. The van der Waals surface area contributed by atoms with Crippen LogP contribution in [-0.4, -0.2) is 22.4 Å². The van der Waals surface area contributed by atoms with Gasteiger partial charge in [0, 0.05) is 31.0 Å². The summed E-state index contributed by atoms with van der Waals surface area (Å²) < 4.78 is 1.66. The lowest BCUT2D eigenvalue weighted by atomic mass is 10.1. The van der Waals surface area contributed by atoms with E-state index in [2.05, 4.69) is 22.4 Å². The standard InChI is InChI=1S/C21H21N3O2/c25-16-19-8-6-18(7-9-19)11-14-24-15-13-23-20(21(24)26)22-12-10-17-4-2-1-3-5-17/h1-9,13,15-16H,10-12,14H2,(H,22,23). The molecule has 0 radical (unpaired) electrons. The number of hydrogen-bond acceptors (Lipinski definition) is 4. The Hall–Kier alpha value is -3.21. The SMILES string of the molecule is O=Cc1ccc(CCn2ccnc(NCCc3ccccc3)c2=O)cc1. The Bertz CT molecular complexity index is 903. The number of carbonyl (C=O) groups is 1. The average molecular weight is 347 g/mol. The van der Waals surface area contributed by atoms with Crippen LogP contribution in [0.15, 0.2) is 71.8 Å². The van der Waals surface area contributed by atoms with Crippen LogP contribution in [0, 0.1) is 0 Å². The normalized spacial score (nSPS) is 10.5. The van der Waals surface area contributed by atoms with E-state index < -0.39 is 0 Å². The first-order valence-electron chi connectivity index (χ1n) is 8.63. The molecule has 0 spiro atoms. The maximum atomic E-state index is 12.5. The Morgan fingerprint density at radius 1 is 0.962 bits per heavy atom. The monoisotopic (exact) mass is 347 g/mol. The smallest absolute Gasteiger partial charge is 0.293 e. The van der Waals surface area contributed by atoms with Gasteiger partial charge in [-0.2, -0.15) is 0 Å². The van der Waals surface area contributed by atoms with Crippen LogP contribution in [0.4, 0.5) is 5.82 Å². The number of carbonyl (C=O) groups excluding carboxylic acids is 1. The minimum Gasteiger partial charge on any atom is -0.365 e. The largest absolute Gasteiger partial charge is 0.365 e. The van der Waals surface area contributed by atoms with Crippen molar-refractivity contribution in [2.45, 2.75) is 19.4 Å². The molecule has 3 rings (SSSR count). The molecule has 3 aromatic rings. The van der Waals surface area contributed by atoms with E-state index in [1.807, 2.05) is 30.3 Å². The Kier molecular flexibility index (Phi) is 5.93. The van der Waals surface area contributed by atoms with Gasteiger partial charge < -0.3 is 9.88 Å². The second kappa shape index (κ2) is 8.76. The number of nitrogens with one attached hydrogen (secondary N) is 1. The Balaban J connectivity index is 1.59. The number of rotatable bonds is 8. The van der Waals surface area contributed by atoms with Gasteiger partial charge in [0.25, 0.3) is 5.56 Å². The van der Waals surface area contributed by atoms with Crippen molar-refractivity contribution in [2.75, 3.05) is 11.9 Å². The number of hydrogen-bond donors (Lipinski definition) is 1. The molecule has 0 aliphatic carbocycles. The number of aldehydes is 1. The fraction of sp³-hybridized carbons (Fsp3) is 0.190. The van der Waals surface area contributed by atoms with Crippen molar-refractivity contribution in [2.24, 2.45) is 0 Å². The zero-order valence-corrected chi connectivity index (χ0v) is 14.5. The van der Waals surface area contributed by atoms with E-state index in [4.69, 9.17) is 0 Å². The number of benzene rings is 2. The molecule has 0 fully saturated rings. The summed E-state index contributed by atoms with van der Waals surface area (Å²) in [6.45, 7) is 1.22. The highest BCUT2D eigenvalue weighted by atomic mass is 16.1. The topological polar surface area (TPSA) is 64.0 Å². The summed E-state index contributed by atoms with van der Waals surface area (Å²) in [5.41, 5.74) is 2.83. The van der Waals surface area contributed by atoms with E-state index >= 15 is 0 Å². The van der Waals surface area contributed by atoms with Crippen molar-refractivity contribution in [3.63, 3.8) is 0 Å². The summed E-state index contributed by atoms with van der Waals surface area (Å²) in [5, 5.41) is 3.13. The van der Waals surface area contributed by atoms with Gasteiger partial charge in [0.15, 0.2) is 5.82 Å². The first kappa shape index (κ1) is 17.6. The molecule has 26 heavy (non-hydrogen) atoms. The summed E-state index contributed by atoms with van der Waals surface area (Å²) in [4.78, 5) is 27.4. The molecule has 132 valence electrons. The lowest BCUT2D eigenvalue weighted by Crippen LogP contribution is -2.25. The number of anilines is 1. The first-order valence-corrected chi connectivity index (χ1v) is 8.63. The van der Waals surface area contributed by atoms with Crippen LogP contribution in [0.2, 0.25) is 0 Å². The second-order valence-corrected chi connectivity index (χ2v) is 6.05. The van der Waals surface area contributed by atoms with Crippen LogP contribution < -0.4 is 10.9 Å². The van der Waals surface area contributed by atoms with E-state index in [1.54, 1.807) is 29.1 Å². The molecule has 0 unspecified atom stereocenters. The first-order chi connectivity index (χ1) is 12.8. The minimum absolute atomic E-state index is 0.120. The van der Waals surface area contributed by atoms with Gasteiger partial charge >= 0.3 is 0 Å². The summed E-state index contributed by atoms with van der Waals surface area (Å²) in [5.74, 6) is 0.375. The zero-order valence-electron chi connectivity index (χ0n) is 14.5. The van der Waals surface area contributed by atoms with Crippen molar-refractivity contribution >= 4 is 12.1 Å². The zero-order chi connectivity index (χ0) is 18.2. The van der Waals surface area contributed by atoms with Gasteiger partial charge in [-0.25, -0.2) is 4.98 Å². The summed E-state index contributed by atoms with van der Waals surface area (Å²) >= 11 is 0. The molecule has 0 atom stereocenters. The second-order valence-electron chi connectivity index (χ2n) is 6.05. The van der Waals surface area contributed by atoms with Gasteiger partial charge in [0.05, 0.1) is 0 Å². The van der Waals surface area contributed by atoms with Crippen LogP contribution in [-0.2, 0) is 19.4 Å². The van der Waals surface area contributed by atoms with Crippen molar-refractivity contribution in [3.05, 3.63) is 94.0 Å². The molecule has 1 aromatic heterocycles. The molecule has 5 nitrogen and oxygen atoms in total. The lowest BCUT2D eigenvalue weighted by molar-refractivity contribution is 0.112. The highest BCUT2D eigenvalue weighted by Crippen LogP contribution is 2.05. The molecule has 2 aromatic carbocycles. The molecule has 0 aliphatic rings. The highest BCUT2D eigenvalue weighted by Gasteiger charge is 2.05. The van der Waals surface area contributed by atoms with Gasteiger partial charge in [0.2, 0.25) is 0 Å². The fourth-order valence-corrected chi connectivity index (χ4v) is 2.73. The molecule has 0 saturated carbocycles. The summed E-state index contributed by atoms with van der Waals surface area (Å²) in [6.07, 6.45) is 5.71. The van der Waals surface area contributed by atoms with E-state index in [0.717, 1.165) is 18.3 Å². The third-order valence-corrected chi connectivity index (χ3v) is 4.22. The molecular formula is C21H21N3O2. The maximum Gasteiger partial charge on any atom is 0.293 e. The van der Waals surface area contributed by atoms with Crippen LogP contribution in [0.5, 0.6) is 0 Å². The Labute approximate surface area is 152 Å². The van der Waals surface area contributed by atoms with Crippen LogP contribution >= 0.6 is 0 Å². The van der Waals surface area contributed by atoms with E-state index in [-0.39, 0.29) is 5.56 Å². The maximum absolute atomic E-state index is 12.5. The quantitative estimate of drug-likeness (QED) is 0.636. The fourth-order valence-electron chi connectivity index (χ4n) is 2.73. The predicted octanol–water partition coefficient (Wildman–Crippen LogP) is 2.95. The van der Waals surface area contributed by atoms with Gasteiger partial charge in [-0.1, -0.05) is 54.6 Å². The van der Waals surface area contributed by atoms with Gasteiger partial charge in [-0.05, 0) is 24.0 Å². The van der Waals surface area contributed by atoms with Crippen molar-refractivity contribution in [3.8, 4) is 0 Å². The molecule has 0 amide bonds. The third-order valence-electron chi connectivity index (χ3n) is 4.22. The molecule has 0 bridgehead atoms. The van der Waals surface area contributed by atoms with E-state index in [9.17, 15) is 9.59 Å². The Morgan fingerprint density at radius 3 is 2.42 bits per heavy atom. The molecule has 1 heterocycles. The molecule has 1 N–H and O–H groups in total. The molecule has 5 heteroatoms. The van der Waals surface area contributed by atoms with Gasteiger partial charge in [-0.3, -0.25) is 9.59 Å². The third kappa shape index (κ3) is 4.66. The van der Waals surface area contributed by atoms with Crippen molar-refractivity contribution in [1.29, 1.82) is 0 Å². The predicted molar refractivity (Wildman–Crippen MR) is 103 cm³/mol. The lowest BCUT2D eigenvalue weighted by Gasteiger charge is -2.09. The molecular weight excluding hydrogens is 326 g/mol. The summed E-state index contributed by atoms with van der Waals surface area (Å²) in [7, 11) is 0. The van der Waals surface area contributed by atoms with Gasteiger partial charge in [-0.15, -0.1) is 0 Å². The van der Waals surface area contributed by atoms with E-state index in [1.165, 1.54) is 5.56 Å². The van der Waals surface area contributed by atoms with Crippen molar-refractivity contribution < 1.29 is 4.79 Å². The molecule has 0 aliphatic heterocycles. The molecule has 0 saturated heterocycles. The number of nitrogens with zero attached hydrogens (tertiary/aromatic N) is 2.